The Hall–Kier alpha value is -1.97. The van der Waals surface area contributed by atoms with E-state index < -0.39 is 5.97 Å². The van der Waals surface area contributed by atoms with Gasteiger partial charge in [-0.05, 0) is 0 Å². The highest BCUT2D eigenvalue weighted by Gasteiger charge is 2.07. The van der Waals surface area contributed by atoms with Crippen molar-refractivity contribution < 1.29 is 19.7 Å². The minimum Gasteiger partial charge on any atom is -0.506 e. The Balaban J connectivity index is 2.77. The summed E-state index contributed by atoms with van der Waals surface area (Å²) >= 11 is 0. The third-order valence-corrected chi connectivity index (χ3v) is 1.73. The molecule has 0 spiro atoms. The fraction of sp³-hybridized carbons (Fsp3) is 0.182. The summed E-state index contributed by atoms with van der Waals surface area (Å²) in [5.74, 6) is -1.16. The molecular weight excluding hydrogens is 196 g/mol. The summed E-state index contributed by atoms with van der Waals surface area (Å²) in [7, 11) is 0. The molecule has 0 aliphatic heterocycles. The number of aliphatic hydroxyl groups is 2. The molecule has 0 fully saturated rings. The van der Waals surface area contributed by atoms with Gasteiger partial charge in [0.25, 0.3) is 0 Å². The Kier molecular flexibility index (Phi) is 3.74. The molecule has 2 N–H and O–H groups in total. The van der Waals surface area contributed by atoms with Crippen LogP contribution in [0.15, 0.2) is 36.1 Å². The number of carbonyl (C=O) groups excluding carboxylic acids is 1. The Bertz CT molecular complexity index is 367. The first kappa shape index (κ1) is 11.1. The average Bonchev–Trinajstić information content (AvgIpc) is 2.26. The number of rotatable bonds is 3. The molecule has 1 aromatic carbocycles. The summed E-state index contributed by atoms with van der Waals surface area (Å²) in [5.41, 5.74) is 0.474. The molecule has 0 aromatic heterocycles. The van der Waals surface area contributed by atoms with Crippen LogP contribution < -0.4 is 0 Å². The molecular formula is C11H12O4. The van der Waals surface area contributed by atoms with Crippen LogP contribution in [-0.4, -0.2) is 22.8 Å². The van der Waals surface area contributed by atoms with E-state index in [4.69, 9.17) is 0 Å². The molecule has 0 amide bonds. The minimum absolute atomic E-state index is 0.281. The maximum atomic E-state index is 10.5. The molecule has 0 bridgehead atoms. The predicted octanol–water partition coefficient (Wildman–Crippen LogP) is 2.03. The molecule has 4 heteroatoms. The minimum atomic E-state index is -0.512. The van der Waals surface area contributed by atoms with Crippen LogP contribution in [0.25, 0.3) is 5.76 Å². The Morgan fingerprint density at radius 2 is 1.87 bits per heavy atom. The van der Waals surface area contributed by atoms with Crippen molar-refractivity contribution in [2.24, 2.45) is 0 Å². The highest BCUT2D eigenvalue weighted by Crippen LogP contribution is 2.13. The van der Waals surface area contributed by atoms with Gasteiger partial charge in [0.05, 0.1) is 0 Å². The molecule has 1 rings (SSSR count). The van der Waals surface area contributed by atoms with Gasteiger partial charge >= 0.3 is 5.97 Å². The first-order valence-corrected chi connectivity index (χ1v) is 4.41. The molecule has 80 valence electrons. The van der Waals surface area contributed by atoms with Crippen LogP contribution in [-0.2, 0) is 9.53 Å². The normalized spacial score (nSPS) is 11.8. The topological polar surface area (TPSA) is 66.8 Å². The summed E-state index contributed by atoms with van der Waals surface area (Å²) in [4.78, 5) is 10.5. The quantitative estimate of drug-likeness (QED) is 0.589. The molecule has 0 saturated heterocycles. The third-order valence-electron chi connectivity index (χ3n) is 1.73. The molecule has 0 aliphatic carbocycles. The summed E-state index contributed by atoms with van der Waals surface area (Å²) < 4.78 is 4.54. The van der Waals surface area contributed by atoms with E-state index in [1.54, 1.807) is 30.3 Å². The predicted molar refractivity (Wildman–Crippen MR) is 55.3 cm³/mol. The van der Waals surface area contributed by atoms with Crippen molar-refractivity contribution >= 4 is 11.7 Å². The van der Waals surface area contributed by atoms with Gasteiger partial charge in [0.1, 0.15) is 0 Å². The molecule has 0 heterocycles. The van der Waals surface area contributed by atoms with Gasteiger partial charge in [0.15, 0.2) is 18.1 Å². The average molecular weight is 208 g/mol. The van der Waals surface area contributed by atoms with Gasteiger partial charge in [-0.3, -0.25) is 4.79 Å². The van der Waals surface area contributed by atoms with E-state index >= 15 is 0 Å². The molecule has 0 atom stereocenters. The second-order valence-electron chi connectivity index (χ2n) is 2.94. The van der Waals surface area contributed by atoms with Crippen molar-refractivity contribution in [1.82, 2.24) is 0 Å². The Morgan fingerprint density at radius 1 is 1.27 bits per heavy atom. The number of esters is 1. The first-order valence-electron chi connectivity index (χ1n) is 4.41. The van der Waals surface area contributed by atoms with Crippen LogP contribution >= 0.6 is 0 Å². The van der Waals surface area contributed by atoms with Crippen LogP contribution in [0.4, 0.5) is 0 Å². The summed E-state index contributed by atoms with van der Waals surface area (Å²) in [6.07, 6.45) is 0. The van der Waals surface area contributed by atoms with Gasteiger partial charge < -0.3 is 14.9 Å². The van der Waals surface area contributed by atoms with E-state index in [2.05, 4.69) is 4.74 Å². The third kappa shape index (κ3) is 3.34. The number of carbonyl (C=O) groups is 1. The van der Waals surface area contributed by atoms with E-state index in [0.717, 1.165) is 0 Å². The number of hydrogen-bond donors (Lipinski definition) is 2. The van der Waals surface area contributed by atoms with E-state index in [1.165, 1.54) is 6.92 Å². The monoisotopic (exact) mass is 208 g/mol. The largest absolute Gasteiger partial charge is 0.506 e. The lowest BCUT2D eigenvalue weighted by Gasteiger charge is -2.05. The lowest BCUT2D eigenvalue weighted by Crippen LogP contribution is -2.05. The fourth-order valence-corrected chi connectivity index (χ4v) is 1.00. The number of benzene rings is 1. The second-order valence-corrected chi connectivity index (χ2v) is 2.94. The number of hydrogen-bond acceptors (Lipinski definition) is 4. The zero-order valence-corrected chi connectivity index (χ0v) is 8.30. The Morgan fingerprint density at radius 3 is 2.40 bits per heavy atom. The molecule has 0 radical (unpaired) electrons. The zero-order valence-electron chi connectivity index (χ0n) is 8.30. The maximum Gasteiger partial charge on any atom is 0.303 e. The zero-order chi connectivity index (χ0) is 11.3. The molecule has 0 unspecified atom stereocenters. The van der Waals surface area contributed by atoms with E-state index in [1.807, 2.05) is 0 Å². The summed E-state index contributed by atoms with van der Waals surface area (Å²) in [6.45, 7) is 0.906. The smallest absolute Gasteiger partial charge is 0.303 e. The summed E-state index contributed by atoms with van der Waals surface area (Å²) in [5, 5.41) is 18.9. The van der Waals surface area contributed by atoms with Crippen molar-refractivity contribution in [2.75, 3.05) is 6.61 Å². The van der Waals surface area contributed by atoms with Gasteiger partial charge in [-0.25, -0.2) is 0 Å². The molecule has 0 saturated carbocycles. The van der Waals surface area contributed by atoms with E-state index in [0.29, 0.717) is 5.56 Å². The Labute approximate surface area is 87.4 Å². The standard InChI is InChI=1S/C11H12O4/c1-8(12)15-7-10(13)11(14)9-5-3-2-4-6-9/h2-6,13-14H,7H2,1H3/b11-10-. The van der Waals surface area contributed by atoms with Crippen LogP contribution in [0, 0.1) is 0 Å². The van der Waals surface area contributed by atoms with Crippen LogP contribution in [0.5, 0.6) is 0 Å². The number of aliphatic hydroxyl groups excluding tert-OH is 2. The van der Waals surface area contributed by atoms with Gasteiger partial charge in [-0.1, -0.05) is 30.3 Å². The van der Waals surface area contributed by atoms with Crippen LogP contribution in [0.2, 0.25) is 0 Å². The molecule has 0 aliphatic rings. The second kappa shape index (κ2) is 5.05. The highest BCUT2D eigenvalue weighted by atomic mass is 16.5. The first-order chi connectivity index (χ1) is 7.11. The van der Waals surface area contributed by atoms with Crippen molar-refractivity contribution in [3.8, 4) is 0 Å². The van der Waals surface area contributed by atoms with Crippen LogP contribution in [0.1, 0.15) is 12.5 Å². The maximum absolute atomic E-state index is 10.5. The van der Waals surface area contributed by atoms with Gasteiger partial charge in [0.2, 0.25) is 0 Å². The van der Waals surface area contributed by atoms with Crippen LogP contribution in [0.3, 0.4) is 0 Å². The van der Waals surface area contributed by atoms with E-state index in [9.17, 15) is 15.0 Å². The van der Waals surface area contributed by atoms with Crippen molar-refractivity contribution in [3.05, 3.63) is 41.7 Å². The van der Waals surface area contributed by atoms with Gasteiger partial charge in [-0.2, -0.15) is 0 Å². The van der Waals surface area contributed by atoms with Crippen molar-refractivity contribution in [1.29, 1.82) is 0 Å². The molecule has 4 nitrogen and oxygen atoms in total. The lowest BCUT2D eigenvalue weighted by molar-refractivity contribution is -0.140. The van der Waals surface area contributed by atoms with Gasteiger partial charge in [-0.15, -0.1) is 0 Å². The molecule has 15 heavy (non-hydrogen) atoms. The SMILES string of the molecule is CC(=O)OC/C(O)=C(/O)c1ccccc1. The van der Waals surface area contributed by atoms with E-state index in [-0.39, 0.29) is 18.1 Å². The van der Waals surface area contributed by atoms with Crippen molar-refractivity contribution in [3.63, 3.8) is 0 Å². The lowest BCUT2D eigenvalue weighted by atomic mass is 10.2. The molecule has 1 aromatic rings. The highest BCUT2D eigenvalue weighted by molar-refractivity contribution is 5.67. The van der Waals surface area contributed by atoms with Crippen molar-refractivity contribution in [2.45, 2.75) is 6.92 Å². The van der Waals surface area contributed by atoms with Gasteiger partial charge in [0, 0.05) is 12.5 Å². The summed E-state index contributed by atoms with van der Waals surface area (Å²) in [6, 6.07) is 8.52. The fourth-order valence-electron chi connectivity index (χ4n) is 1.00. The number of ether oxygens (including phenoxy) is 1.